The zero-order valence-corrected chi connectivity index (χ0v) is 20.4. The Labute approximate surface area is 212 Å². The van der Waals surface area contributed by atoms with E-state index >= 15 is 0 Å². The molecule has 5 rings (SSSR count). The molecule has 182 valence electrons. The van der Waals surface area contributed by atoms with E-state index in [9.17, 15) is 4.79 Å². The van der Waals surface area contributed by atoms with Gasteiger partial charge in [0.15, 0.2) is 5.82 Å². The third-order valence-corrected chi connectivity index (χ3v) is 6.43. The molecule has 4 aromatic rings. The number of carbonyl (C=O) groups is 1. The van der Waals surface area contributed by atoms with Gasteiger partial charge in [-0.3, -0.25) is 9.69 Å². The molecule has 3 aromatic carbocycles. The summed E-state index contributed by atoms with van der Waals surface area (Å²) >= 11 is 0. The quantitative estimate of drug-likeness (QED) is 0.372. The molecular formula is C30H30N4O2. The number of nitrogens with zero attached hydrogens (tertiary/aromatic N) is 3. The van der Waals surface area contributed by atoms with Gasteiger partial charge >= 0.3 is 0 Å². The van der Waals surface area contributed by atoms with Crippen LogP contribution < -0.4 is 10.1 Å². The number of ether oxygens (including phenoxy) is 1. The van der Waals surface area contributed by atoms with E-state index in [0.29, 0.717) is 23.0 Å². The number of aryl methyl sites for hydroxylation is 1. The van der Waals surface area contributed by atoms with E-state index in [1.165, 1.54) is 11.1 Å². The second-order valence-electron chi connectivity index (χ2n) is 9.22. The van der Waals surface area contributed by atoms with Crippen LogP contribution in [-0.4, -0.2) is 39.9 Å². The predicted octanol–water partition coefficient (Wildman–Crippen LogP) is 5.64. The molecule has 0 atom stereocenters. The fourth-order valence-electron chi connectivity index (χ4n) is 4.41. The Bertz CT molecular complexity index is 1300. The van der Waals surface area contributed by atoms with Crippen LogP contribution in [0.5, 0.6) is 11.6 Å². The Morgan fingerprint density at radius 3 is 2.53 bits per heavy atom. The van der Waals surface area contributed by atoms with Gasteiger partial charge in [-0.05, 0) is 43.5 Å². The van der Waals surface area contributed by atoms with E-state index in [4.69, 9.17) is 4.74 Å². The van der Waals surface area contributed by atoms with Crippen molar-refractivity contribution in [2.75, 3.05) is 13.1 Å². The smallest absolute Gasteiger partial charge is 0.251 e. The highest BCUT2D eigenvalue weighted by molar-refractivity contribution is 5.94. The van der Waals surface area contributed by atoms with Gasteiger partial charge in [-0.15, -0.1) is 0 Å². The van der Waals surface area contributed by atoms with Crippen LogP contribution >= 0.6 is 0 Å². The van der Waals surface area contributed by atoms with Crippen molar-refractivity contribution in [3.63, 3.8) is 0 Å². The van der Waals surface area contributed by atoms with Gasteiger partial charge in [-0.2, -0.15) is 4.98 Å². The maximum Gasteiger partial charge on any atom is 0.251 e. The van der Waals surface area contributed by atoms with E-state index in [0.717, 1.165) is 38.0 Å². The molecule has 1 N–H and O–H groups in total. The lowest BCUT2D eigenvalue weighted by Crippen LogP contribution is -2.44. The molecule has 1 aromatic heterocycles. The largest absolute Gasteiger partial charge is 0.439 e. The molecule has 1 aliphatic heterocycles. The van der Waals surface area contributed by atoms with Crippen molar-refractivity contribution in [3.05, 3.63) is 108 Å². The molecule has 0 saturated carbocycles. The lowest BCUT2D eigenvalue weighted by molar-refractivity contribution is 0.0908. The van der Waals surface area contributed by atoms with E-state index < -0.39 is 0 Å². The minimum Gasteiger partial charge on any atom is -0.439 e. The van der Waals surface area contributed by atoms with Crippen LogP contribution in [0.4, 0.5) is 0 Å². The van der Waals surface area contributed by atoms with Crippen molar-refractivity contribution < 1.29 is 9.53 Å². The summed E-state index contributed by atoms with van der Waals surface area (Å²) in [4.78, 5) is 24.3. The Morgan fingerprint density at radius 2 is 1.75 bits per heavy atom. The van der Waals surface area contributed by atoms with Gasteiger partial charge in [0.05, 0.1) is 0 Å². The highest BCUT2D eigenvalue weighted by Gasteiger charge is 2.21. The molecule has 2 heterocycles. The maximum atomic E-state index is 13.0. The van der Waals surface area contributed by atoms with Crippen LogP contribution in [0, 0.1) is 6.92 Å². The van der Waals surface area contributed by atoms with Crippen molar-refractivity contribution in [3.8, 4) is 23.0 Å². The van der Waals surface area contributed by atoms with Crippen LogP contribution in [0.2, 0.25) is 0 Å². The first-order valence-electron chi connectivity index (χ1n) is 12.4. The normalized spacial score (nSPS) is 14.4. The first-order valence-corrected chi connectivity index (χ1v) is 12.4. The lowest BCUT2D eigenvalue weighted by atomic mass is 10.0. The first-order chi connectivity index (χ1) is 17.6. The first kappa shape index (κ1) is 23.7. The molecule has 6 heteroatoms. The number of hydrogen-bond acceptors (Lipinski definition) is 5. The molecule has 0 spiro atoms. The molecule has 0 radical (unpaired) electrons. The van der Waals surface area contributed by atoms with Crippen LogP contribution in [0.3, 0.4) is 0 Å². The Kier molecular flexibility index (Phi) is 7.33. The summed E-state index contributed by atoms with van der Waals surface area (Å²) in [7, 11) is 0. The molecule has 1 fully saturated rings. The minimum atomic E-state index is -0.0787. The standard InChI is InChI=1S/C30H30N4O2/c1-22-10-12-24(13-11-22)29-31-17-14-28(33-29)36-27-9-5-8-25(20-27)30(35)32-26-15-18-34(19-16-26)21-23-6-3-2-4-7-23/h2-14,17,20,26H,15-16,18-19,21H2,1H3,(H,32,35). The van der Waals surface area contributed by atoms with Crippen molar-refractivity contribution in [1.82, 2.24) is 20.2 Å². The molecule has 6 nitrogen and oxygen atoms in total. The second-order valence-corrected chi connectivity index (χ2v) is 9.22. The van der Waals surface area contributed by atoms with Gasteiger partial charge in [-0.1, -0.05) is 66.2 Å². The number of piperidine rings is 1. The number of amides is 1. The van der Waals surface area contributed by atoms with Crippen LogP contribution in [0.25, 0.3) is 11.4 Å². The molecule has 36 heavy (non-hydrogen) atoms. The van der Waals surface area contributed by atoms with Crippen molar-refractivity contribution >= 4 is 5.91 Å². The topological polar surface area (TPSA) is 67.3 Å². The number of carbonyl (C=O) groups excluding carboxylic acids is 1. The number of aromatic nitrogens is 2. The van der Waals surface area contributed by atoms with Gasteiger partial charge in [0.2, 0.25) is 5.88 Å². The summed E-state index contributed by atoms with van der Waals surface area (Å²) < 4.78 is 5.98. The zero-order chi connectivity index (χ0) is 24.7. The fraction of sp³-hybridized carbons (Fsp3) is 0.233. The number of likely N-dealkylation sites (tertiary alicyclic amines) is 1. The average molecular weight is 479 g/mol. The monoisotopic (exact) mass is 478 g/mol. The van der Waals surface area contributed by atoms with Crippen molar-refractivity contribution in [2.45, 2.75) is 32.4 Å². The fourth-order valence-corrected chi connectivity index (χ4v) is 4.41. The maximum absolute atomic E-state index is 13.0. The summed E-state index contributed by atoms with van der Waals surface area (Å²) in [5.74, 6) is 1.52. The van der Waals surface area contributed by atoms with Gasteiger partial charge < -0.3 is 10.1 Å². The lowest BCUT2D eigenvalue weighted by Gasteiger charge is -2.32. The van der Waals surface area contributed by atoms with Crippen molar-refractivity contribution in [1.29, 1.82) is 0 Å². The van der Waals surface area contributed by atoms with E-state index in [1.54, 1.807) is 18.3 Å². The summed E-state index contributed by atoms with van der Waals surface area (Å²) in [6.07, 6.45) is 3.56. The van der Waals surface area contributed by atoms with Gasteiger partial charge in [0, 0.05) is 49.1 Å². The highest BCUT2D eigenvalue weighted by Crippen LogP contribution is 2.24. The molecular weight excluding hydrogens is 448 g/mol. The SMILES string of the molecule is Cc1ccc(-c2nccc(Oc3cccc(C(=O)NC4CCN(Cc5ccccc5)CC4)c3)n2)cc1. The average Bonchev–Trinajstić information content (AvgIpc) is 2.91. The Hall–Kier alpha value is -4.03. The molecule has 0 bridgehead atoms. The highest BCUT2D eigenvalue weighted by atomic mass is 16.5. The third-order valence-electron chi connectivity index (χ3n) is 6.43. The van der Waals surface area contributed by atoms with Crippen LogP contribution in [0.1, 0.15) is 34.3 Å². The molecule has 0 unspecified atom stereocenters. The van der Waals surface area contributed by atoms with Crippen molar-refractivity contribution in [2.24, 2.45) is 0 Å². The van der Waals surface area contributed by atoms with E-state index in [1.807, 2.05) is 55.5 Å². The molecule has 1 amide bonds. The van der Waals surface area contributed by atoms with Gasteiger partial charge in [0.1, 0.15) is 5.75 Å². The van der Waals surface area contributed by atoms with Crippen LogP contribution in [0.15, 0.2) is 91.1 Å². The summed E-state index contributed by atoms with van der Waals surface area (Å²) in [5, 5.41) is 3.20. The van der Waals surface area contributed by atoms with E-state index in [-0.39, 0.29) is 11.9 Å². The zero-order valence-electron chi connectivity index (χ0n) is 20.4. The summed E-state index contributed by atoms with van der Waals surface area (Å²) in [6, 6.07) is 27.7. The number of hydrogen-bond donors (Lipinski definition) is 1. The second kappa shape index (κ2) is 11.1. The summed E-state index contributed by atoms with van der Waals surface area (Å²) in [6.45, 7) is 4.94. The summed E-state index contributed by atoms with van der Waals surface area (Å²) in [5.41, 5.74) is 4.01. The Balaban J connectivity index is 1.17. The third kappa shape index (κ3) is 6.15. The number of nitrogens with one attached hydrogen (secondary N) is 1. The van der Waals surface area contributed by atoms with Crippen LogP contribution in [-0.2, 0) is 6.54 Å². The predicted molar refractivity (Wildman–Crippen MR) is 141 cm³/mol. The number of benzene rings is 3. The molecule has 1 saturated heterocycles. The van der Waals surface area contributed by atoms with Gasteiger partial charge in [0.25, 0.3) is 5.91 Å². The van der Waals surface area contributed by atoms with E-state index in [2.05, 4.69) is 44.5 Å². The number of rotatable bonds is 7. The molecule has 1 aliphatic rings. The minimum absolute atomic E-state index is 0.0787. The molecule has 0 aliphatic carbocycles. The Morgan fingerprint density at radius 1 is 0.972 bits per heavy atom. The van der Waals surface area contributed by atoms with Gasteiger partial charge in [-0.25, -0.2) is 4.98 Å².